The summed E-state index contributed by atoms with van der Waals surface area (Å²) in [6.45, 7) is 2.83. The lowest BCUT2D eigenvalue weighted by Gasteiger charge is -2.33. The molecule has 1 heterocycles. The van der Waals surface area contributed by atoms with Gasteiger partial charge in [0.05, 0.1) is 11.5 Å². The van der Waals surface area contributed by atoms with Crippen molar-refractivity contribution in [1.29, 1.82) is 0 Å². The summed E-state index contributed by atoms with van der Waals surface area (Å²) in [5.74, 6) is -0.00843. The van der Waals surface area contributed by atoms with E-state index in [0.29, 0.717) is 24.3 Å². The highest BCUT2D eigenvalue weighted by molar-refractivity contribution is 7.91. The summed E-state index contributed by atoms with van der Waals surface area (Å²) < 4.78 is 36.1. The van der Waals surface area contributed by atoms with Crippen molar-refractivity contribution >= 4 is 15.5 Å². The van der Waals surface area contributed by atoms with Gasteiger partial charge in [-0.3, -0.25) is 4.90 Å². The highest BCUT2D eigenvalue weighted by atomic mass is 32.2. The maximum absolute atomic E-state index is 13.2. The highest BCUT2D eigenvalue weighted by Crippen LogP contribution is 2.19. The molecule has 1 aliphatic heterocycles. The Morgan fingerprint density at radius 2 is 2.22 bits per heavy atom. The van der Waals surface area contributed by atoms with Crippen LogP contribution in [-0.4, -0.2) is 37.4 Å². The number of anilines is 1. The van der Waals surface area contributed by atoms with Gasteiger partial charge in [0.15, 0.2) is 9.84 Å². The first kappa shape index (κ1) is 13.3. The van der Waals surface area contributed by atoms with Crippen molar-refractivity contribution in [2.45, 2.75) is 19.5 Å². The van der Waals surface area contributed by atoms with Crippen LogP contribution in [0.25, 0.3) is 0 Å². The van der Waals surface area contributed by atoms with Crippen LogP contribution in [0.2, 0.25) is 0 Å². The van der Waals surface area contributed by atoms with Crippen molar-refractivity contribution in [1.82, 2.24) is 4.90 Å². The molecular weight excluding hydrogens is 255 g/mol. The van der Waals surface area contributed by atoms with Gasteiger partial charge in [0.25, 0.3) is 0 Å². The van der Waals surface area contributed by atoms with E-state index in [9.17, 15) is 12.8 Å². The van der Waals surface area contributed by atoms with Crippen molar-refractivity contribution in [2.24, 2.45) is 0 Å². The maximum Gasteiger partial charge on any atom is 0.153 e. The minimum atomic E-state index is -2.92. The average molecular weight is 272 g/mol. The summed E-state index contributed by atoms with van der Waals surface area (Å²) in [6, 6.07) is 4.20. The fourth-order valence-electron chi connectivity index (χ4n) is 2.20. The van der Waals surface area contributed by atoms with Crippen LogP contribution in [0.4, 0.5) is 10.1 Å². The minimum Gasteiger partial charge on any atom is -0.398 e. The number of benzene rings is 1. The first-order valence-corrected chi connectivity index (χ1v) is 7.68. The quantitative estimate of drug-likeness (QED) is 0.817. The van der Waals surface area contributed by atoms with Gasteiger partial charge in [-0.25, -0.2) is 12.8 Å². The van der Waals surface area contributed by atoms with Gasteiger partial charge in [0, 0.05) is 24.8 Å². The smallest absolute Gasteiger partial charge is 0.153 e. The van der Waals surface area contributed by atoms with Crippen LogP contribution in [-0.2, 0) is 16.4 Å². The molecule has 1 atom stereocenters. The molecule has 1 aromatic carbocycles. The van der Waals surface area contributed by atoms with Gasteiger partial charge >= 0.3 is 0 Å². The summed E-state index contributed by atoms with van der Waals surface area (Å²) in [5, 5.41) is 0. The van der Waals surface area contributed by atoms with Crippen molar-refractivity contribution in [3.05, 3.63) is 29.6 Å². The number of rotatable bonds is 2. The second kappa shape index (κ2) is 4.85. The van der Waals surface area contributed by atoms with Crippen molar-refractivity contribution in [2.75, 3.05) is 23.8 Å². The molecule has 0 aromatic heterocycles. The van der Waals surface area contributed by atoms with E-state index in [4.69, 9.17) is 5.73 Å². The number of nitrogens with two attached hydrogens (primary N) is 1. The molecule has 1 aromatic rings. The molecule has 2 N–H and O–H groups in total. The Morgan fingerprint density at radius 1 is 1.50 bits per heavy atom. The lowest BCUT2D eigenvalue weighted by molar-refractivity contribution is 0.218. The Hall–Kier alpha value is -1.14. The van der Waals surface area contributed by atoms with Crippen LogP contribution >= 0.6 is 0 Å². The molecule has 0 bridgehead atoms. The number of sulfone groups is 1. The molecular formula is C12H17FN2O2S. The van der Waals surface area contributed by atoms with Gasteiger partial charge in [-0.15, -0.1) is 0 Å². The monoisotopic (exact) mass is 272 g/mol. The molecule has 0 radical (unpaired) electrons. The fourth-order valence-corrected chi connectivity index (χ4v) is 3.82. The van der Waals surface area contributed by atoms with Crippen molar-refractivity contribution in [3.63, 3.8) is 0 Å². The predicted molar refractivity (Wildman–Crippen MR) is 69.3 cm³/mol. The van der Waals surface area contributed by atoms with E-state index in [1.807, 2.05) is 11.8 Å². The minimum absolute atomic E-state index is 0.0635. The number of nitrogens with zero attached hydrogens (tertiary/aromatic N) is 1. The standard InChI is InChI=1S/C12H17FN2O2S/c1-9-8-18(16,17)5-4-15(9)7-10-6-11(13)2-3-12(10)14/h2-3,6,9H,4-5,7-8,14H2,1H3. The van der Waals surface area contributed by atoms with E-state index in [0.717, 1.165) is 0 Å². The molecule has 0 spiro atoms. The van der Waals surface area contributed by atoms with E-state index in [1.54, 1.807) is 0 Å². The molecule has 1 unspecified atom stereocenters. The average Bonchev–Trinajstić information content (AvgIpc) is 2.26. The molecule has 4 nitrogen and oxygen atoms in total. The van der Waals surface area contributed by atoms with E-state index in [1.165, 1.54) is 18.2 Å². The summed E-state index contributed by atoms with van der Waals surface area (Å²) in [5.41, 5.74) is 7.04. The van der Waals surface area contributed by atoms with Gasteiger partial charge in [-0.1, -0.05) is 0 Å². The Balaban J connectivity index is 2.12. The SMILES string of the molecule is CC1CS(=O)(=O)CCN1Cc1cc(F)ccc1N. The Labute approximate surface area is 107 Å². The third-order valence-corrected chi connectivity index (χ3v) is 5.08. The second-order valence-electron chi connectivity index (χ2n) is 4.78. The Morgan fingerprint density at radius 3 is 2.89 bits per heavy atom. The number of nitrogen functional groups attached to an aromatic ring is 1. The third-order valence-electron chi connectivity index (χ3n) is 3.29. The lowest BCUT2D eigenvalue weighted by Crippen LogP contribution is -2.46. The zero-order valence-corrected chi connectivity index (χ0v) is 11.1. The van der Waals surface area contributed by atoms with Crippen LogP contribution in [0, 0.1) is 5.82 Å². The van der Waals surface area contributed by atoms with Crippen LogP contribution in [0.15, 0.2) is 18.2 Å². The molecule has 1 aliphatic rings. The lowest BCUT2D eigenvalue weighted by atomic mass is 10.1. The summed E-state index contributed by atoms with van der Waals surface area (Å²) in [6.07, 6.45) is 0. The van der Waals surface area contributed by atoms with Crippen LogP contribution in [0.1, 0.15) is 12.5 Å². The third kappa shape index (κ3) is 3.00. The first-order valence-electron chi connectivity index (χ1n) is 5.86. The topological polar surface area (TPSA) is 63.4 Å². The van der Waals surface area contributed by atoms with Crippen LogP contribution in [0.3, 0.4) is 0 Å². The molecule has 1 saturated heterocycles. The van der Waals surface area contributed by atoms with Gasteiger partial charge in [0.1, 0.15) is 5.82 Å². The summed E-state index contributed by atoms with van der Waals surface area (Å²) in [7, 11) is -2.92. The van der Waals surface area contributed by atoms with Crippen LogP contribution < -0.4 is 5.73 Å². The molecule has 1 fully saturated rings. The Kier molecular flexibility index (Phi) is 3.59. The van der Waals surface area contributed by atoms with Gasteiger partial charge in [-0.2, -0.15) is 0 Å². The zero-order valence-electron chi connectivity index (χ0n) is 10.3. The molecule has 6 heteroatoms. The van der Waals surface area contributed by atoms with E-state index in [2.05, 4.69) is 0 Å². The molecule has 18 heavy (non-hydrogen) atoms. The van der Waals surface area contributed by atoms with Gasteiger partial charge in [0.2, 0.25) is 0 Å². The van der Waals surface area contributed by atoms with Gasteiger partial charge < -0.3 is 5.73 Å². The summed E-state index contributed by atoms with van der Waals surface area (Å²) >= 11 is 0. The molecule has 0 saturated carbocycles. The second-order valence-corrected chi connectivity index (χ2v) is 7.01. The van der Waals surface area contributed by atoms with Crippen LogP contribution in [0.5, 0.6) is 0 Å². The van der Waals surface area contributed by atoms with Crippen molar-refractivity contribution < 1.29 is 12.8 Å². The number of hydrogen-bond acceptors (Lipinski definition) is 4. The largest absolute Gasteiger partial charge is 0.398 e. The molecule has 100 valence electrons. The van der Waals surface area contributed by atoms with E-state index >= 15 is 0 Å². The fraction of sp³-hybridized carbons (Fsp3) is 0.500. The first-order chi connectivity index (χ1) is 8.37. The summed E-state index contributed by atoms with van der Waals surface area (Å²) in [4.78, 5) is 2.02. The van der Waals surface area contributed by atoms with Gasteiger partial charge in [-0.05, 0) is 30.7 Å². The maximum atomic E-state index is 13.2. The van der Waals surface area contributed by atoms with E-state index < -0.39 is 9.84 Å². The molecule has 0 amide bonds. The molecule has 2 rings (SSSR count). The Bertz CT molecular complexity index is 545. The number of halogens is 1. The highest BCUT2D eigenvalue weighted by Gasteiger charge is 2.28. The predicted octanol–water partition coefficient (Wildman–Crippen LogP) is 1.03. The molecule has 0 aliphatic carbocycles. The number of hydrogen-bond donors (Lipinski definition) is 1. The van der Waals surface area contributed by atoms with E-state index in [-0.39, 0.29) is 23.4 Å². The normalized spacial score (nSPS) is 24.0. The zero-order chi connectivity index (χ0) is 13.3. The van der Waals surface area contributed by atoms with Crippen molar-refractivity contribution in [3.8, 4) is 0 Å².